The number of rotatable bonds is 9. The molecule has 0 saturated carbocycles. The van der Waals surface area contributed by atoms with Crippen LogP contribution in [0.25, 0.3) is 0 Å². The molecule has 0 aromatic heterocycles. The predicted octanol–water partition coefficient (Wildman–Crippen LogP) is 4.75. The van der Waals surface area contributed by atoms with Gasteiger partial charge in [-0.1, -0.05) is 13.8 Å². The molecule has 1 N–H and O–H groups in total. The Bertz CT molecular complexity index is 1010. The van der Waals surface area contributed by atoms with Gasteiger partial charge < -0.3 is 24.1 Å². The zero-order chi connectivity index (χ0) is 24.0. The molecule has 0 aliphatic carbocycles. The molecular formula is C24H28O8. The molecule has 0 bridgehead atoms. The van der Waals surface area contributed by atoms with Gasteiger partial charge in [-0.2, -0.15) is 0 Å². The maximum absolute atomic E-state index is 12.7. The van der Waals surface area contributed by atoms with Crippen molar-refractivity contribution in [3.8, 4) is 23.0 Å². The molecule has 0 amide bonds. The highest BCUT2D eigenvalue weighted by atomic mass is 16.5. The fraction of sp³-hybridized carbons (Fsp3) is 0.375. The maximum atomic E-state index is 12.7. The van der Waals surface area contributed by atoms with Crippen molar-refractivity contribution in [1.29, 1.82) is 0 Å². The summed E-state index contributed by atoms with van der Waals surface area (Å²) in [5.41, 5.74) is 1.17. The first-order chi connectivity index (χ1) is 15.1. The van der Waals surface area contributed by atoms with E-state index < -0.39 is 18.0 Å². The Morgan fingerprint density at radius 2 is 1.81 bits per heavy atom. The van der Waals surface area contributed by atoms with E-state index in [9.17, 15) is 19.5 Å². The van der Waals surface area contributed by atoms with Crippen molar-refractivity contribution in [3.05, 3.63) is 46.5 Å². The minimum absolute atomic E-state index is 0.00539. The smallest absolute Gasteiger partial charge is 0.345 e. The van der Waals surface area contributed by atoms with E-state index >= 15 is 0 Å². The van der Waals surface area contributed by atoms with Gasteiger partial charge in [0.2, 0.25) is 0 Å². The van der Waals surface area contributed by atoms with Crippen LogP contribution in [0.4, 0.5) is 0 Å². The largest absolute Gasteiger partial charge is 0.504 e. The summed E-state index contributed by atoms with van der Waals surface area (Å²) < 4.78 is 21.7. The lowest BCUT2D eigenvalue weighted by molar-refractivity contribution is -0.147. The third kappa shape index (κ3) is 5.57. The van der Waals surface area contributed by atoms with Gasteiger partial charge >= 0.3 is 11.9 Å². The van der Waals surface area contributed by atoms with Crippen molar-refractivity contribution in [1.82, 2.24) is 0 Å². The normalized spacial score (nSPS) is 11.6. The molecule has 2 rings (SSSR count). The number of ether oxygens (including phenoxy) is 4. The van der Waals surface area contributed by atoms with Crippen LogP contribution in [0.3, 0.4) is 0 Å². The van der Waals surface area contributed by atoms with Gasteiger partial charge in [-0.25, -0.2) is 4.79 Å². The molecule has 172 valence electrons. The highest BCUT2D eigenvalue weighted by molar-refractivity contribution is 5.96. The highest BCUT2D eigenvalue weighted by Crippen LogP contribution is 2.43. The lowest BCUT2D eigenvalue weighted by Gasteiger charge is -2.24. The number of phenolic OH excluding ortho intramolecular Hbond substituents is 1. The fourth-order valence-corrected chi connectivity index (χ4v) is 3.39. The van der Waals surface area contributed by atoms with Crippen molar-refractivity contribution in [2.24, 2.45) is 5.92 Å². The molecule has 8 nitrogen and oxygen atoms in total. The second-order valence-corrected chi connectivity index (χ2v) is 7.70. The summed E-state index contributed by atoms with van der Waals surface area (Å²) in [7, 11) is 2.57. The number of esters is 2. The molecule has 1 atom stereocenters. The van der Waals surface area contributed by atoms with E-state index in [-0.39, 0.29) is 40.0 Å². The van der Waals surface area contributed by atoms with E-state index in [0.717, 1.165) is 0 Å². The molecule has 0 heterocycles. The number of methoxy groups -OCH3 is 2. The fourth-order valence-electron chi connectivity index (χ4n) is 3.39. The number of aromatic hydroxyl groups is 1. The molecule has 0 aliphatic heterocycles. The highest BCUT2D eigenvalue weighted by Gasteiger charge is 2.29. The minimum atomic E-state index is -0.760. The van der Waals surface area contributed by atoms with Crippen molar-refractivity contribution < 1.29 is 38.4 Å². The number of benzene rings is 2. The van der Waals surface area contributed by atoms with Crippen LogP contribution in [0.5, 0.6) is 23.0 Å². The van der Waals surface area contributed by atoms with E-state index in [1.807, 2.05) is 13.8 Å². The Morgan fingerprint density at radius 3 is 2.34 bits per heavy atom. The number of phenols is 1. The Morgan fingerprint density at radius 1 is 1.12 bits per heavy atom. The second kappa shape index (κ2) is 10.7. The molecular weight excluding hydrogens is 416 g/mol. The molecule has 0 unspecified atom stereocenters. The van der Waals surface area contributed by atoms with E-state index in [4.69, 9.17) is 18.9 Å². The summed E-state index contributed by atoms with van der Waals surface area (Å²) in [5, 5.41) is 10.3. The first kappa shape index (κ1) is 24.7. The first-order valence-corrected chi connectivity index (χ1v) is 10.1. The van der Waals surface area contributed by atoms with Gasteiger partial charge in [-0.3, -0.25) is 9.59 Å². The molecule has 0 aliphatic rings. The van der Waals surface area contributed by atoms with Crippen molar-refractivity contribution in [2.45, 2.75) is 40.2 Å². The second-order valence-electron chi connectivity index (χ2n) is 7.70. The van der Waals surface area contributed by atoms with Crippen LogP contribution in [0.2, 0.25) is 0 Å². The molecule has 0 fully saturated rings. The van der Waals surface area contributed by atoms with Gasteiger partial charge in [0.1, 0.15) is 23.2 Å². The molecule has 8 heteroatoms. The van der Waals surface area contributed by atoms with Gasteiger partial charge in [0.05, 0.1) is 19.8 Å². The zero-order valence-electron chi connectivity index (χ0n) is 19.1. The van der Waals surface area contributed by atoms with E-state index in [1.165, 1.54) is 33.3 Å². The minimum Gasteiger partial charge on any atom is -0.504 e. The van der Waals surface area contributed by atoms with Gasteiger partial charge in [0, 0.05) is 12.5 Å². The number of aldehydes is 1. The zero-order valence-corrected chi connectivity index (χ0v) is 19.1. The summed E-state index contributed by atoms with van der Waals surface area (Å²) in [6.45, 7) is 6.98. The van der Waals surface area contributed by atoms with Crippen LogP contribution in [0.1, 0.15) is 65.1 Å². The van der Waals surface area contributed by atoms with Gasteiger partial charge in [-0.15, -0.1) is 0 Å². The topological polar surface area (TPSA) is 108 Å². The Labute approximate surface area is 187 Å². The molecule has 2 aromatic rings. The predicted molar refractivity (Wildman–Crippen MR) is 117 cm³/mol. The average molecular weight is 444 g/mol. The van der Waals surface area contributed by atoms with Crippen LogP contribution >= 0.6 is 0 Å². The summed E-state index contributed by atoms with van der Waals surface area (Å²) in [5.74, 6) is -1.30. The van der Waals surface area contributed by atoms with Crippen LogP contribution < -0.4 is 9.47 Å². The van der Waals surface area contributed by atoms with Crippen molar-refractivity contribution >= 4 is 18.2 Å². The van der Waals surface area contributed by atoms with Crippen molar-refractivity contribution in [2.75, 3.05) is 14.2 Å². The lowest BCUT2D eigenvalue weighted by Crippen LogP contribution is -2.15. The van der Waals surface area contributed by atoms with E-state index in [1.54, 1.807) is 19.1 Å². The summed E-state index contributed by atoms with van der Waals surface area (Å²) >= 11 is 0. The van der Waals surface area contributed by atoms with E-state index in [2.05, 4.69) is 0 Å². The van der Waals surface area contributed by atoms with Crippen LogP contribution in [0, 0.1) is 12.8 Å². The molecule has 0 radical (unpaired) electrons. The monoisotopic (exact) mass is 444 g/mol. The van der Waals surface area contributed by atoms with Crippen LogP contribution in [-0.4, -0.2) is 37.6 Å². The number of carbonyl (C=O) groups is 3. The average Bonchev–Trinajstić information content (AvgIpc) is 2.72. The number of hydrogen-bond acceptors (Lipinski definition) is 8. The van der Waals surface area contributed by atoms with E-state index in [0.29, 0.717) is 23.8 Å². The molecule has 0 saturated heterocycles. The molecule has 2 aromatic carbocycles. The number of hydrogen-bond donors (Lipinski definition) is 1. The molecule has 32 heavy (non-hydrogen) atoms. The maximum Gasteiger partial charge on any atom is 0.345 e. The van der Waals surface area contributed by atoms with Gasteiger partial charge in [-0.05, 0) is 49.1 Å². The summed E-state index contributed by atoms with van der Waals surface area (Å²) in [4.78, 5) is 35.9. The Hall–Kier alpha value is -3.55. The van der Waals surface area contributed by atoms with Crippen molar-refractivity contribution in [3.63, 3.8) is 0 Å². The third-order valence-corrected chi connectivity index (χ3v) is 4.67. The lowest BCUT2D eigenvalue weighted by atomic mass is 9.96. The standard InChI is InChI=1S/C24H28O8/c1-13(2)9-20(31-15(4)26)17-7-8-19(21(23(17)29-5)24(28)30-6)32-22-16(12-25)10-14(3)11-18(22)27/h7-8,10-13,20,27H,9H2,1-6H3/t20-/m0/s1. The third-order valence-electron chi connectivity index (χ3n) is 4.67. The SMILES string of the molecule is COC(=O)c1c(Oc2c(O)cc(C)cc2C=O)ccc([C@H](CC(C)C)OC(C)=O)c1OC. The summed E-state index contributed by atoms with van der Waals surface area (Å²) in [6, 6.07) is 6.08. The van der Waals surface area contributed by atoms with Crippen LogP contribution in [0.15, 0.2) is 24.3 Å². The number of carbonyl (C=O) groups excluding carboxylic acids is 3. The Balaban J connectivity index is 2.70. The Kier molecular flexibility index (Phi) is 8.23. The van der Waals surface area contributed by atoms with Gasteiger partial charge in [0.25, 0.3) is 0 Å². The van der Waals surface area contributed by atoms with Crippen LogP contribution in [-0.2, 0) is 14.3 Å². The molecule has 0 spiro atoms. The summed E-state index contributed by atoms with van der Waals surface area (Å²) in [6.07, 6.45) is 0.369. The first-order valence-electron chi connectivity index (χ1n) is 10.1. The number of aryl methyl sites for hydroxylation is 1. The quantitative estimate of drug-likeness (QED) is 0.436. The van der Waals surface area contributed by atoms with Gasteiger partial charge in [0.15, 0.2) is 17.8 Å².